The van der Waals surface area contributed by atoms with Crippen LogP contribution in [-0.2, 0) is 4.79 Å². The van der Waals surface area contributed by atoms with Gasteiger partial charge in [-0.05, 0) is 35.8 Å². The van der Waals surface area contributed by atoms with E-state index in [0.29, 0.717) is 17.6 Å². The predicted octanol–water partition coefficient (Wildman–Crippen LogP) is 3.87. The lowest BCUT2D eigenvalue weighted by Crippen LogP contribution is -2.38. The summed E-state index contributed by atoms with van der Waals surface area (Å²) >= 11 is 0. The first-order chi connectivity index (χ1) is 9.61. The number of carbonyl (C=O) groups excluding carboxylic acids is 1. The molecule has 0 radical (unpaired) electrons. The number of nitrogens with one attached hydrogen (secondary N) is 1. The van der Waals surface area contributed by atoms with Crippen molar-refractivity contribution in [3.8, 4) is 0 Å². The van der Waals surface area contributed by atoms with Gasteiger partial charge in [-0.25, -0.2) is 0 Å². The standard InChI is InChI=1S/C18H27NO/c1-4-5-18(20)17-10-16(11-19-12-17)15-8-6-14(7-9-15)13(2)3/h6-9,13,16-17,19H,4-5,10-12H2,1-3H3. The molecule has 0 spiro atoms. The molecule has 0 aromatic heterocycles. The molecule has 0 amide bonds. The van der Waals surface area contributed by atoms with Gasteiger partial charge in [0, 0.05) is 25.4 Å². The molecule has 0 bridgehead atoms. The maximum absolute atomic E-state index is 12.1. The molecule has 2 nitrogen and oxygen atoms in total. The molecule has 2 unspecified atom stereocenters. The number of hydrogen-bond acceptors (Lipinski definition) is 2. The van der Waals surface area contributed by atoms with Crippen LogP contribution in [0.25, 0.3) is 0 Å². The molecule has 2 heteroatoms. The summed E-state index contributed by atoms with van der Waals surface area (Å²) < 4.78 is 0. The van der Waals surface area contributed by atoms with Crippen molar-refractivity contribution in [2.24, 2.45) is 5.92 Å². The summed E-state index contributed by atoms with van der Waals surface area (Å²) in [6.45, 7) is 8.37. The predicted molar refractivity (Wildman–Crippen MR) is 84.2 cm³/mol. The number of rotatable bonds is 5. The Morgan fingerprint density at radius 1 is 1.25 bits per heavy atom. The molecule has 1 fully saturated rings. The molecule has 2 atom stereocenters. The third kappa shape index (κ3) is 3.69. The van der Waals surface area contributed by atoms with Crippen LogP contribution in [0.5, 0.6) is 0 Å². The minimum atomic E-state index is 0.207. The fraction of sp³-hybridized carbons (Fsp3) is 0.611. The van der Waals surface area contributed by atoms with E-state index in [9.17, 15) is 4.79 Å². The van der Waals surface area contributed by atoms with Crippen molar-refractivity contribution in [1.29, 1.82) is 0 Å². The third-order valence-electron chi connectivity index (χ3n) is 4.38. The molecule has 2 rings (SSSR count). The van der Waals surface area contributed by atoms with Crippen LogP contribution < -0.4 is 5.32 Å². The van der Waals surface area contributed by atoms with Crippen molar-refractivity contribution in [3.63, 3.8) is 0 Å². The lowest BCUT2D eigenvalue weighted by Gasteiger charge is -2.29. The van der Waals surface area contributed by atoms with Crippen molar-refractivity contribution in [2.45, 2.75) is 51.9 Å². The Hall–Kier alpha value is -1.15. The van der Waals surface area contributed by atoms with Crippen LogP contribution in [0.1, 0.15) is 63.0 Å². The van der Waals surface area contributed by atoms with Crippen LogP contribution >= 0.6 is 0 Å². The Balaban J connectivity index is 2.03. The van der Waals surface area contributed by atoms with Gasteiger partial charge < -0.3 is 5.32 Å². The summed E-state index contributed by atoms with van der Waals surface area (Å²) in [4.78, 5) is 12.1. The minimum absolute atomic E-state index is 0.207. The number of piperidine rings is 1. The summed E-state index contributed by atoms with van der Waals surface area (Å²) in [7, 11) is 0. The second-order valence-electron chi connectivity index (χ2n) is 6.33. The molecule has 1 N–H and O–H groups in total. The van der Waals surface area contributed by atoms with Gasteiger partial charge in [0.05, 0.1) is 0 Å². The van der Waals surface area contributed by atoms with E-state index in [1.54, 1.807) is 0 Å². The largest absolute Gasteiger partial charge is 0.315 e. The van der Waals surface area contributed by atoms with Gasteiger partial charge >= 0.3 is 0 Å². The van der Waals surface area contributed by atoms with Crippen LogP contribution in [-0.4, -0.2) is 18.9 Å². The molecule has 0 aliphatic carbocycles. The van der Waals surface area contributed by atoms with E-state index < -0.39 is 0 Å². The van der Waals surface area contributed by atoms with E-state index >= 15 is 0 Å². The second-order valence-corrected chi connectivity index (χ2v) is 6.33. The first-order valence-corrected chi connectivity index (χ1v) is 7.95. The van der Waals surface area contributed by atoms with Gasteiger partial charge in [-0.2, -0.15) is 0 Å². The molecule has 20 heavy (non-hydrogen) atoms. The smallest absolute Gasteiger partial charge is 0.137 e. The maximum Gasteiger partial charge on any atom is 0.137 e. The monoisotopic (exact) mass is 273 g/mol. The highest BCUT2D eigenvalue weighted by molar-refractivity contribution is 5.81. The van der Waals surface area contributed by atoms with E-state index in [4.69, 9.17) is 0 Å². The van der Waals surface area contributed by atoms with Crippen molar-refractivity contribution >= 4 is 5.78 Å². The third-order valence-corrected chi connectivity index (χ3v) is 4.38. The van der Waals surface area contributed by atoms with Crippen LogP contribution in [0.2, 0.25) is 0 Å². The highest BCUT2D eigenvalue weighted by Gasteiger charge is 2.27. The number of Topliss-reactive ketones (excluding diaryl/α,β-unsaturated/α-hetero) is 1. The molecule has 1 aromatic rings. The zero-order valence-electron chi connectivity index (χ0n) is 13.0. The fourth-order valence-electron chi connectivity index (χ4n) is 3.04. The topological polar surface area (TPSA) is 29.1 Å². The van der Waals surface area contributed by atoms with Gasteiger partial charge in [0.25, 0.3) is 0 Å². The van der Waals surface area contributed by atoms with Gasteiger partial charge in [0.15, 0.2) is 0 Å². The molecule has 1 aromatic carbocycles. The van der Waals surface area contributed by atoms with Crippen molar-refractivity contribution in [2.75, 3.05) is 13.1 Å². The average molecular weight is 273 g/mol. The Morgan fingerprint density at radius 2 is 1.95 bits per heavy atom. The van der Waals surface area contributed by atoms with Gasteiger partial charge in [-0.15, -0.1) is 0 Å². The normalized spacial score (nSPS) is 23.0. The number of benzene rings is 1. The molecular formula is C18H27NO. The van der Waals surface area contributed by atoms with Crippen molar-refractivity contribution < 1.29 is 4.79 Å². The molecule has 1 heterocycles. The van der Waals surface area contributed by atoms with Gasteiger partial charge in [-0.3, -0.25) is 4.79 Å². The average Bonchev–Trinajstić information content (AvgIpc) is 2.48. The lowest BCUT2D eigenvalue weighted by molar-refractivity contribution is -0.123. The summed E-state index contributed by atoms with van der Waals surface area (Å²) in [5.41, 5.74) is 2.76. The molecule has 0 saturated carbocycles. The van der Waals surface area contributed by atoms with Crippen molar-refractivity contribution in [1.82, 2.24) is 5.32 Å². The maximum atomic E-state index is 12.1. The summed E-state index contributed by atoms with van der Waals surface area (Å²) in [6, 6.07) is 8.96. The summed E-state index contributed by atoms with van der Waals surface area (Å²) in [5, 5.41) is 3.44. The van der Waals surface area contributed by atoms with E-state index in [-0.39, 0.29) is 5.92 Å². The SMILES string of the molecule is CCCC(=O)C1CNCC(c2ccc(C(C)C)cc2)C1. The Labute approximate surface area is 123 Å². The van der Waals surface area contributed by atoms with Crippen LogP contribution in [0.4, 0.5) is 0 Å². The first-order valence-electron chi connectivity index (χ1n) is 7.95. The van der Waals surface area contributed by atoms with E-state index in [1.165, 1.54) is 11.1 Å². The van der Waals surface area contributed by atoms with Gasteiger partial charge in [0.1, 0.15) is 5.78 Å². The zero-order chi connectivity index (χ0) is 14.5. The number of carbonyl (C=O) groups is 1. The first kappa shape index (κ1) is 15.2. The summed E-state index contributed by atoms with van der Waals surface area (Å²) in [6.07, 6.45) is 2.70. The van der Waals surface area contributed by atoms with E-state index in [0.717, 1.165) is 32.4 Å². The zero-order valence-corrected chi connectivity index (χ0v) is 13.0. The molecule has 1 saturated heterocycles. The minimum Gasteiger partial charge on any atom is -0.315 e. The number of ketones is 1. The highest BCUT2D eigenvalue weighted by Crippen LogP contribution is 2.28. The quantitative estimate of drug-likeness (QED) is 0.882. The summed E-state index contributed by atoms with van der Waals surface area (Å²) in [5.74, 6) is 1.70. The lowest BCUT2D eigenvalue weighted by atomic mass is 9.82. The van der Waals surface area contributed by atoms with Crippen LogP contribution in [0, 0.1) is 5.92 Å². The van der Waals surface area contributed by atoms with Crippen LogP contribution in [0.3, 0.4) is 0 Å². The second kappa shape index (κ2) is 7.03. The van der Waals surface area contributed by atoms with Crippen molar-refractivity contribution in [3.05, 3.63) is 35.4 Å². The molecular weight excluding hydrogens is 246 g/mol. The fourth-order valence-corrected chi connectivity index (χ4v) is 3.04. The van der Waals surface area contributed by atoms with E-state index in [2.05, 4.69) is 50.4 Å². The molecule has 110 valence electrons. The Kier molecular flexibility index (Phi) is 5.36. The van der Waals surface area contributed by atoms with Gasteiger partial charge in [0.2, 0.25) is 0 Å². The van der Waals surface area contributed by atoms with Gasteiger partial charge in [-0.1, -0.05) is 45.0 Å². The number of hydrogen-bond donors (Lipinski definition) is 1. The van der Waals surface area contributed by atoms with Crippen LogP contribution in [0.15, 0.2) is 24.3 Å². The Bertz CT molecular complexity index is 435. The molecule has 1 aliphatic heterocycles. The Morgan fingerprint density at radius 3 is 2.55 bits per heavy atom. The molecule has 1 aliphatic rings. The highest BCUT2D eigenvalue weighted by atomic mass is 16.1. The van der Waals surface area contributed by atoms with E-state index in [1.807, 2.05) is 0 Å².